The molecule has 0 N–H and O–H groups in total. The number of carbonyl (C=O) groups excluding carboxylic acids is 1. The molecule has 2 aliphatic heterocycles. The standard InChI is InChI=1S/C22H31N5O3S2/c1-3-27-21(18-8-10-19(11-9-18)32(29,30)26-13-4-5-14-26)23-24-22(27)31-16-20(28)25-12-6-7-17(2)15-25/h8-11,17H,3-7,12-16H2,1-2H3. The average molecular weight is 478 g/mol. The van der Waals surface area contributed by atoms with Gasteiger partial charge < -0.3 is 9.47 Å². The molecule has 3 heterocycles. The molecular formula is C22H31N5O3S2. The van der Waals surface area contributed by atoms with Gasteiger partial charge in [0.25, 0.3) is 0 Å². The maximum atomic E-state index is 12.8. The Bertz CT molecular complexity index is 1050. The van der Waals surface area contributed by atoms with Crippen LogP contribution in [0.25, 0.3) is 11.4 Å². The number of piperidine rings is 1. The number of benzene rings is 1. The van der Waals surface area contributed by atoms with E-state index in [1.54, 1.807) is 28.6 Å². The van der Waals surface area contributed by atoms with Gasteiger partial charge in [-0.3, -0.25) is 4.79 Å². The van der Waals surface area contributed by atoms with E-state index in [9.17, 15) is 13.2 Å². The second-order valence-electron chi connectivity index (χ2n) is 8.56. The molecule has 1 atom stereocenters. The Balaban J connectivity index is 1.46. The highest BCUT2D eigenvalue weighted by Gasteiger charge is 2.27. The summed E-state index contributed by atoms with van der Waals surface area (Å²) in [5, 5.41) is 9.35. The minimum atomic E-state index is -3.44. The zero-order valence-electron chi connectivity index (χ0n) is 18.7. The molecule has 0 bridgehead atoms. The quantitative estimate of drug-likeness (QED) is 0.570. The maximum Gasteiger partial charge on any atom is 0.243 e. The Kier molecular flexibility index (Phi) is 7.21. The molecule has 4 rings (SSSR count). The predicted octanol–water partition coefficient (Wildman–Crippen LogP) is 3.10. The van der Waals surface area contributed by atoms with Gasteiger partial charge in [-0.25, -0.2) is 8.42 Å². The van der Waals surface area contributed by atoms with Gasteiger partial charge in [0.1, 0.15) is 0 Å². The lowest BCUT2D eigenvalue weighted by Gasteiger charge is -2.30. The Hall–Kier alpha value is -1.91. The third-order valence-corrected chi connectivity index (χ3v) is 9.05. The molecule has 32 heavy (non-hydrogen) atoms. The first-order valence-electron chi connectivity index (χ1n) is 11.3. The fourth-order valence-electron chi connectivity index (χ4n) is 4.38. The Morgan fingerprint density at radius 1 is 1.09 bits per heavy atom. The van der Waals surface area contributed by atoms with Crippen LogP contribution in [0.2, 0.25) is 0 Å². The first-order chi connectivity index (χ1) is 15.4. The highest BCUT2D eigenvalue weighted by Crippen LogP contribution is 2.27. The van der Waals surface area contributed by atoms with Gasteiger partial charge in [0.2, 0.25) is 15.9 Å². The van der Waals surface area contributed by atoms with E-state index < -0.39 is 10.0 Å². The highest BCUT2D eigenvalue weighted by atomic mass is 32.2. The number of hydrogen-bond donors (Lipinski definition) is 0. The molecular weight excluding hydrogens is 446 g/mol. The second kappa shape index (κ2) is 9.93. The lowest BCUT2D eigenvalue weighted by molar-refractivity contribution is -0.130. The summed E-state index contributed by atoms with van der Waals surface area (Å²) >= 11 is 1.41. The molecule has 2 aromatic rings. The zero-order valence-corrected chi connectivity index (χ0v) is 20.4. The lowest BCUT2D eigenvalue weighted by atomic mass is 10.0. The van der Waals surface area contributed by atoms with Crippen LogP contribution < -0.4 is 0 Å². The summed E-state index contributed by atoms with van der Waals surface area (Å²) in [7, 11) is -3.44. The molecule has 8 nitrogen and oxygen atoms in total. The van der Waals surface area contributed by atoms with E-state index >= 15 is 0 Å². The van der Waals surface area contributed by atoms with E-state index in [0.717, 1.165) is 37.9 Å². The van der Waals surface area contributed by atoms with Crippen LogP contribution in [0.5, 0.6) is 0 Å². The van der Waals surface area contributed by atoms with Crippen LogP contribution >= 0.6 is 11.8 Å². The van der Waals surface area contributed by atoms with Crippen LogP contribution in [0.3, 0.4) is 0 Å². The van der Waals surface area contributed by atoms with Crippen LogP contribution in [-0.2, 0) is 21.4 Å². The van der Waals surface area contributed by atoms with Gasteiger partial charge in [-0.2, -0.15) is 4.31 Å². The van der Waals surface area contributed by atoms with Crippen molar-refractivity contribution in [1.82, 2.24) is 24.0 Å². The summed E-state index contributed by atoms with van der Waals surface area (Å²) < 4.78 is 29.0. The summed E-state index contributed by atoms with van der Waals surface area (Å²) in [4.78, 5) is 14.9. The molecule has 10 heteroatoms. The summed E-state index contributed by atoms with van der Waals surface area (Å²) in [6.45, 7) is 7.70. The molecule has 1 unspecified atom stereocenters. The van der Waals surface area contributed by atoms with Crippen molar-refractivity contribution in [1.29, 1.82) is 0 Å². The summed E-state index contributed by atoms with van der Waals surface area (Å²) in [6, 6.07) is 6.86. The van der Waals surface area contributed by atoms with E-state index in [4.69, 9.17) is 0 Å². The van der Waals surface area contributed by atoms with Gasteiger partial charge in [0.15, 0.2) is 11.0 Å². The molecule has 0 spiro atoms. The van der Waals surface area contributed by atoms with Gasteiger partial charge >= 0.3 is 0 Å². The third kappa shape index (κ3) is 4.87. The van der Waals surface area contributed by atoms with Crippen molar-refractivity contribution in [2.45, 2.75) is 56.1 Å². The Labute approximate surface area is 194 Å². The van der Waals surface area contributed by atoms with Gasteiger partial charge in [-0.15, -0.1) is 10.2 Å². The minimum Gasteiger partial charge on any atom is -0.342 e. The molecule has 2 fully saturated rings. The van der Waals surface area contributed by atoms with E-state index in [0.29, 0.717) is 47.2 Å². The van der Waals surface area contributed by atoms with E-state index in [1.807, 2.05) is 16.4 Å². The molecule has 0 saturated carbocycles. The van der Waals surface area contributed by atoms with Gasteiger partial charge in [-0.05, 0) is 62.8 Å². The van der Waals surface area contributed by atoms with Crippen LogP contribution in [0.15, 0.2) is 34.3 Å². The average Bonchev–Trinajstić information content (AvgIpc) is 3.48. The molecule has 2 saturated heterocycles. The van der Waals surface area contributed by atoms with Crippen molar-refractivity contribution in [3.05, 3.63) is 24.3 Å². The Morgan fingerprint density at radius 3 is 2.47 bits per heavy atom. The number of rotatable bonds is 7. The van der Waals surface area contributed by atoms with Crippen molar-refractivity contribution < 1.29 is 13.2 Å². The van der Waals surface area contributed by atoms with Crippen molar-refractivity contribution in [3.8, 4) is 11.4 Å². The van der Waals surface area contributed by atoms with Crippen LogP contribution in [0, 0.1) is 5.92 Å². The number of carbonyl (C=O) groups is 1. The van der Waals surface area contributed by atoms with E-state index in [2.05, 4.69) is 17.1 Å². The molecule has 0 aliphatic carbocycles. The monoisotopic (exact) mass is 477 g/mol. The summed E-state index contributed by atoms with van der Waals surface area (Å²) in [5.74, 6) is 1.72. The fourth-order valence-corrected chi connectivity index (χ4v) is 6.80. The largest absolute Gasteiger partial charge is 0.342 e. The minimum absolute atomic E-state index is 0.144. The normalized spacial score (nSPS) is 20.1. The number of hydrogen-bond acceptors (Lipinski definition) is 6. The van der Waals surface area contributed by atoms with E-state index in [-0.39, 0.29) is 5.91 Å². The van der Waals surface area contributed by atoms with Gasteiger partial charge in [0, 0.05) is 38.3 Å². The van der Waals surface area contributed by atoms with Crippen molar-refractivity contribution in [3.63, 3.8) is 0 Å². The SMILES string of the molecule is CCn1c(SCC(=O)N2CCCC(C)C2)nnc1-c1ccc(S(=O)(=O)N2CCCC2)cc1. The first-order valence-corrected chi connectivity index (χ1v) is 13.8. The van der Waals surface area contributed by atoms with Crippen molar-refractivity contribution in [2.75, 3.05) is 31.9 Å². The molecule has 0 radical (unpaired) electrons. The number of nitrogens with zero attached hydrogens (tertiary/aromatic N) is 5. The molecule has 1 amide bonds. The zero-order chi connectivity index (χ0) is 22.7. The number of aromatic nitrogens is 3. The Morgan fingerprint density at radius 2 is 1.81 bits per heavy atom. The molecule has 1 aromatic heterocycles. The topological polar surface area (TPSA) is 88.4 Å². The second-order valence-corrected chi connectivity index (χ2v) is 11.4. The summed E-state index contributed by atoms with van der Waals surface area (Å²) in [6.07, 6.45) is 4.08. The van der Waals surface area contributed by atoms with Crippen LogP contribution in [-0.4, -0.2) is 70.2 Å². The van der Waals surface area contributed by atoms with Crippen LogP contribution in [0.1, 0.15) is 39.5 Å². The number of sulfonamides is 1. The van der Waals surface area contributed by atoms with E-state index in [1.165, 1.54) is 18.2 Å². The van der Waals surface area contributed by atoms with Gasteiger partial charge in [0.05, 0.1) is 10.6 Å². The van der Waals surface area contributed by atoms with Crippen LogP contribution in [0.4, 0.5) is 0 Å². The highest BCUT2D eigenvalue weighted by molar-refractivity contribution is 7.99. The molecule has 1 aromatic carbocycles. The maximum absolute atomic E-state index is 12.8. The number of likely N-dealkylation sites (tertiary alicyclic amines) is 1. The number of amides is 1. The smallest absolute Gasteiger partial charge is 0.243 e. The number of thioether (sulfide) groups is 1. The molecule has 2 aliphatic rings. The van der Waals surface area contributed by atoms with Crippen molar-refractivity contribution in [2.24, 2.45) is 5.92 Å². The molecule has 174 valence electrons. The summed E-state index contributed by atoms with van der Waals surface area (Å²) in [5.41, 5.74) is 0.808. The third-order valence-electron chi connectivity index (χ3n) is 6.18. The fraction of sp³-hybridized carbons (Fsp3) is 0.591. The van der Waals surface area contributed by atoms with Gasteiger partial charge in [-0.1, -0.05) is 18.7 Å². The van der Waals surface area contributed by atoms with Crippen molar-refractivity contribution >= 4 is 27.7 Å². The predicted molar refractivity (Wildman–Crippen MR) is 125 cm³/mol. The first kappa shape index (κ1) is 23.3. The lowest BCUT2D eigenvalue weighted by Crippen LogP contribution is -2.40.